The van der Waals surface area contributed by atoms with Gasteiger partial charge in [0, 0.05) is 53.5 Å². The van der Waals surface area contributed by atoms with Gasteiger partial charge in [0.15, 0.2) is 0 Å². The van der Waals surface area contributed by atoms with Crippen LogP contribution in [0.25, 0.3) is 104 Å². The first kappa shape index (κ1) is 33.9. The Bertz CT molecular complexity index is 3830. The van der Waals surface area contributed by atoms with Crippen LogP contribution in [0, 0.1) is 19.0 Å². The zero-order chi connectivity index (χ0) is 43.7. The van der Waals surface area contributed by atoms with Crippen LogP contribution in [0.1, 0.15) is 36.4 Å². The van der Waals surface area contributed by atoms with E-state index in [4.69, 9.17) is 14.9 Å². The summed E-state index contributed by atoms with van der Waals surface area (Å²) in [4.78, 5) is 9.56. The average molecular weight is 966 g/mol. The van der Waals surface area contributed by atoms with E-state index in [0.29, 0.717) is 11.3 Å². The van der Waals surface area contributed by atoms with Crippen LogP contribution in [0.5, 0.6) is 0 Å². The Morgan fingerprint density at radius 3 is 2.00 bits per heavy atom. The maximum Gasteiger partial charge on any atom is 0.121 e. The van der Waals surface area contributed by atoms with Crippen molar-refractivity contribution in [1.82, 2.24) is 14.4 Å². The number of para-hydroxylation sites is 2. The van der Waals surface area contributed by atoms with E-state index in [2.05, 4.69) is 155 Å². The van der Waals surface area contributed by atoms with E-state index >= 15 is 0 Å². The van der Waals surface area contributed by atoms with Crippen molar-refractivity contribution in [1.29, 1.82) is 0 Å². The molecule has 12 aromatic rings. The number of rotatable bonds is 3. The summed E-state index contributed by atoms with van der Waals surface area (Å²) in [7, 11) is 0. The summed E-state index contributed by atoms with van der Waals surface area (Å²) in [5.41, 5.74) is 7.61. The zero-order valence-corrected chi connectivity index (χ0v) is 35.7. The van der Waals surface area contributed by atoms with Crippen molar-refractivity contribution in [3.05, 3.63) is 199 Å². The van der Waals surface area contributed by atoms with E-state index < -0.39 is 12.7 Å². The molecule has 4 nitrogen and oxygen atoms in total. The summed E-state index contributed by atoms with van der Waals surface area (Å²) in [6.07, 6.45) is 1.36. The summed E-state index contributed by atoms with van der Waals surface area (Å²) >= 11 is 0. The predicted molar refractivity (Wildman–Crippen MR) is 250 cm³/mol. The Labute approximate surface area is 372 Å². The normalized spacial score (nSPS) is 12.9. The molecule has 0 saturated heterocycles. The summed E-state index contributed by atoms with van der Waals surface area (Å²) < 4.78 is 39.9. The predicted octanol–water partition coefficient (Wildman–Crippen LogP) is 15.0. The fraction of sp³-hybridized carbons (Fsp3) is 0.0714. The minimum Gasteiger partial charge on any atom is -0.501 e. The van der Waals surface area contributed by atoms with Crippen molar-refractivity contribution < 1.29 is 30.0 Å². The Balaban J connectivity index is 0.000000201. The zero-order valence-electron chi connectivity index (χ0n) is 37.3. The minimum atomic E-state index is -2.26. The van der Waals surface area contributed by atoms with E-state index in [-0.39, 0.29) is 25.7 Å². The standard InChI is InChI=1S/C41H23N2O.C15H16N.Ir/c1-2-12-26-24-38-35(23-25(26)11-1)33-19-9-20-34(40(33)44-38)41-42-36-21-10-18-32-30-16-6-4-14-28(30)27-13-3-5-15-29(27)31-17-7-8-22-37(31)43(41)39(32)36;1-11(2)14-9-15(16-10-12(14)3)13-7-5-4-6-8-13;/h1-19,21-24H;4-7,9-11H,1-3H3;/q2*-1;/i;3D3,11D;. The van der Waals surface area contributed by atoms with E-state index in [0.717, 1.165) is 71.6 Å². The van der Waals surface area contributed by atoms with Gasteiger partial charge in [-0.15, -0.1) is 54.1 Å². The monoisotopic (exact) mass is 966 g/mol. The SMILES string of the molecule is [2H]C([2H])([2H])c1cnc(-c2[c-]cccc2)cc1C([2H])(C)C.[Ir].[c-]1ccc2c(oc3cc4ccccc4cc32)c1-c1nc2cccc3c4ccccc4c4ccccc4c4ccccc4n1c23. The molecule has 0 saturated carbocycles. The van der Waals surface area contributed by atoms with Crippen LogP contribution in [0.3, 0.4) is 0 Å². The van der Waals surface area contributed by atoms with Gasteiger partial charge in [-0.2, -0.15) is 0 Å². The van der Waals surface area contributed by atoms with Gasteiger partial charge >= 0.3 is 0 Å². The van der Waals surface area contributed by atoms with E-state index in [1.807, 2.05) is 24.3 Å². The third-order valence-corrected chi connectivity index (χ3v) is 11.5. The molecule has 0 bridgehead atoms. The maximum atomic E-state index is 8.16. The number of fused-ring (bicyclic) bond motifs is 11. The van der Waals surface area contributed by atoms with Gasteiger partial charge in [0.1, 0.15) is 5.58 Å². The second kappa shape index (κ2) is 15.6. The molecule has 1 radical (unpaired) electrons. The van der Waals surface area contributed by atoms with Crippen LogP contribution in [0.15, 0.2) is 180 Å². The molecule has 295 valence electrons. The summed E-state index contributed by atoms with van der Waals surface area (Å²) in [5.74, 6) is -0.193. The van der Waals surface area contributed by atoms with Gasteiger partial charge in [-0.25, -0.2) is 0 Å². The smallest absolute Gasteiger partial charge is 0.121 e. The third-order valence-electron chi connectivity index (χ3n) is 11.5. The van der Waals surface area contributed by atoms with Gasteiger partial charge in [-0.3, -0.25) is 4.98 Å². The number of furan rings is 1. The molecular formula is C56H39IrN3O-2. The van der Waals surface area contributed by atoms with Crippen molar-refractivity contribution in [2.45, 2.75) is 26.6 Å². The summed E-state index contributed by atoms with van der Waals surface area (Å²) in [6.45, 7) is 1.09. The topological polar surface area (TPSA) is 43.3 Å². The molecule has 0 spiro atoms. The Morgan fingerprint density at radius 1 is 0.623 bits per heavy atom. The van der Waals surface area contributed by atoms with Crippen LogP contribution < -0.4 is 0 Å². The molecular weight excluding hydrogens is 923 g/mol. The van der Waals surface area contributed by atoms with Gasteiger partial charge in [-0.1, -0.05) is 134 Å². The van der Waals surface area contributed by atoms with Gasteiger partial charge in [0.25, 0.3) is 0 Å². The van der Waals surface area contributed by atoms with Gasteiger partial charge in [-0.05, 0) is 86.1 Å². The van der Waals surface area contributed by atoms with Crippen molar-refractivity contribution in [2.24, 2.45) is 0 Å². The first-order valence-electron chi connectivity index (χ1n) is 22.1. The fourth-order valence-electron chi connectivity index (χ4n) is 8.71. The van der Waals surface area contributed by atoms with Gasteiger partial charge < -0.3 is 13.8 Å². The molecule has 12 rings (SSSR count). The minimum absolute atomic E-state index is 0. The Morgan fingerprint density at radius 2 is 1.28 bits per heavy atom. The second-order valence-electron chi connectivity index (χ2n) is 15.3. The van der Waals surface area contributed by atoms with Gasteiger partial charge in [0.05, 0.1) is 22.4 Å². The number of hydrogen-bond donors (Lipinski definition) is 0. The number of nitrogens with zero attached hydrogens (tertiary/aromatic N) is 3. The Hall–Kier alpha value is -6.91. The molecule has 0 aliphatic rings. The van der Waals surface area contributed by atoms with Crippen molar-refractivity contribution in [2.75, 3.05) is 0 Å². The molecule has 0 aliphatic carbocycles. The largest absolute Gasteiger partial charge is 0.501 e. The number of benzene rings is 8. The van der Waals surface area contributed by atoms with Crippen molar-refractivity contribution in [3.8, 4) is 22.6 Å². The number of pyridine rings is 1. The van der Waals surface area contributed by atoms with Crippen LogP contribution in [-0.2, 0) is 20.1 Å². The molecule has 0 aliphatic heterocycles. The number of aryl methyl sites for hydroxylation is 1. The fourth-order valence-corrected chi connectivity index (χ4v) is 8.71. The van der Waals surface area contributed by atoms with Crippen LogP contribution >= 0.6 is 0 Å². The van der Waals surface area contributed by atoms with E-state index in [9.17, 15) is 0 Å². The third kappa shape index (κ3) is 6.49. The van der Waals surface area contributed by atoms with Gasteiger partial charge in [0.2, 0.25) is 0 Å². The number of aromatic nitrogens is 3. The molecule has 5 heteroatoms. The molecule has 4 heterocycles. The maximum absolute atomic E-state index is 8.16. The summed E-state index contributed by atoms with van der Waals surface area (Å²) in [5, 5.41) is 11.6. The molecule has 8 aromatic carbocycles. The van der Waals surface area contributed by atoms with Crippen LogP contribution in [0.2, 0.25) is 0 Å². The second-order valence-corrected chi connectivity index (χ2v) is 15.3. The number of imidazole rings is 1. The molecule has 4 aromatic heterocycles. The Kier molecular flexibility index (Phi) is 8.66. The molecule has 61 heavy (non-hydrogen) atoms. The molecule has 0 unspecified atom stereocenters. The first-order valence-corrected chi connectivity index (χ1v) is 20.1. The van der Waals surface area contributed by atoms with Crippen molar-refractivity contribution in [3.63, 3.8) is 0 Å². The average Bonchev–Trinajstić information content (AvgIpc) is 3.89. The molecule has 0 fully saturated rings. The quantitative estimate of drug-likeness (QED) is 0.166. The van der Waals surface area contributed by atoms with Crippen LogP contribution in [-0.4, -0.2) is 14.4 Å². The summed E-state index contributed by atoms with van der Waals surface area (Å²) in [6, 6.07) is 65.1. The van der Waals surface area contributed by atoms with Crippen molar-refractivity contribution >= 4 is 81.6 Å². The first-order chi connectivity index (χ1) is 31.0. The van der Waals surface area contributed by atoms with E-state index in [1.165, 1.54) is 33.1 Å². The molecule has 0 N–H and O–H groups in total. The molecule has 0 amide bonds. The van der Waals surface area contributed by atoms with Crippen LogP contribution in [0.4, 0.5) is 0 Å². The van der Waals surface area contributed by atoms with E-state index in [1.54, 1.807) is 26.0 Å². The molecule has 0 atom stereocenters. The number of hydrogen-bond acceptors (Lipinski definition) is 3.